The van der Waals surface area contributed by atoms with Crippen molar-refractivity contribution in [1.82, 2.24) is 10.6 Å². The molecule has 0 aromatic carbocycles. The van der Waals surface area contributed by atoms with E-state index in [0.717, 1.165) is 6.54 Å². The molecular formula is C11H23N2. The molecule has 1 unspecified atom stereocenters. The van der Waals surface area contributed by atoms with E-state index >= 15 is 0 Å². The molecule has 2 heteroatoms. The molecule has 0 aromatic rings. The van der Waals surface area contributed by atoms with Crippen LogP contribution >= 0.6 is 0 Å². The Balaban J connectivity index is 2.04. The maximum atomic E-state index is 4.74. The zero-order valence-corrected chi connectivity index (χ0v) is 9.05. The van der Waals surface area contributed by atoms with Gasteiger partial charge in [-0.15, -0.1) is 0 Å². The van der Waals surface area contributed by atoms with E-state index in [1.807, 2.05) is 0 Å². The minimum Gasteiger partial charge on any atom is -0.301 e. The Labute approximate surface area is 82.5 Å². The molecule has 0 saturated heterocycles. The number of nitrogens with one attached hydrogen (secondary N) is 1. The highest BCUT2D eigenvalue weighted by atomic mass is 15.1. The Morgan fingerprint density at radius 1 is 1.31 bits per heavy atom. The van der Waals surface area contributed by atoms with Crippen molar-refractivity contribution in [2.45, 2.75) is 64.6 Å². The Morgan fingerprint density at radius 3 is 2.62 bits per heavy atom. The molecule has 1 aliphatic carbocycles. The third kappa shape index (κ3) is 5.27. The molecule has 0 heterocycles. The van der Waals surface area contributed by atoms with Gasteiger partial charge in [0.15, 0.2) is 0 Å². The van der Waals surface area contributed by atoms with Crippen LogP contribution in [0.5, 0.6) is 0 Å². The molecular weight excluding hydrogens is 160 g/mol. The van der Waals surface area contributed by atoms with Crippen LogP contribution < -0.4 is 10.6 Å². The number of nitrogens with zero attached hydrogens (tertiary/aromatic N) is 1. The average Bonchev–Trinajstić information content (AvgIpc) is 2.89. The average molecular weight is 183 g/mol. The SMILES string of the molecule is CCCCNC(CCC)[N]C1CC1. The molecule has 1 rings (SSSR count). The molecule has 0 amide bonds. The van der Waals surface area contributed by atoms with Crippen LogP contribution in [0.15, 0.2) is 0 Å². The van der Waals surface area contributed by atoms with Crippen LogP contribution in [0.2, 0.25) is 0 Å². The number of unbranched alkanes of at least 4 members (excludes halogenated alkanes) is 1. The molecule has 1 fully saturated rings. The van der Waals surface area contributed by atoms with E-state index in [0.29, 0.717) is 12.2 Å². The quantitative estimate of drug-likeness (QED) is 0.574. The van der Waals surface area contributed by atoms with Gasteiger partial charge in [-0.05, 0) is 32.2 Å². The maximum Gasteiger partial charge on any atom is 0.0739 e. The van der Waals surface area contributed by atoms with Gasteiger partial charge < -0.3 is 5.32 Å². The normalized spacial score (nSPS) is 18.9. The summed E-state index contributed by atoms with van der Waals surface area (Å²) < 4.78 is 0. The number of hydrogen-bond donors (Lipinski definition) is 1. The lowest BCUT2D eigenvalue weighted by molar-refractivity contribution is 0.384. The fraction of sp³-hybridized carbons (Fsp3) is 1.00. The van der Waals surface area contributed by atoms with Crippen LogP contribution in [0, 0.1) is 0 Å². The number of rotatable bonds is 8. The van der Waals surface area contributed by atoms with Gasteiger partial charge >= 0.3 is 0 Å². The third-order valence-corrected chi connectivity index (χ3v) is 2.41. The maximum absolute atomic E-state index is 4.74. The molecule has 77 valence electrons. The van der Waals surface area contributed by atoms with Gasteiger partial charge in [0.1, 0.15) is 0 Å². The van der Waals surface area contributed by atoms with Crippen molar-refractivity contribution in [3.05, 3.63) is 0 Å². The number of hydrogen-bond acceptors (Lipinski definition) is 1. The highest BCUT2D eigenvalue weighted by Gasteiger charge is 2.25. The second-order valence-electron chi connectivity index (χ2n) is 3.99. The molecule has 1 radical (unpaired) electrons. The first kappa shape index (κ1) is 11.0. The largest absolute Gasteiger partial charge is 0.301 e. The van der Waals surface area contributed by atoms with E-state index in [1.165, 1.54) is 38.5 Å². The summed E-state index contributed by atoms with van der Waals surface area (Å²) in [5.74, 6) is 0. The molecule has 0 aliphatic heterocycles. The lowest BCUT2D eigenvalue weighted by Gasteiger charge is -2.17. The first-order valence-electron chi connectivity index (χ1n) is 5.80. The molecule has 0 spiro atoms. The monoisotopic (exact) mass is 183 g/mol. The summed E-state index contributed by atoms with van der Waals surface area (Å²) in [5.41, 5.74) is 0. The fourth-order valence-corrected chi connectivity index (χ4v) is 1.43. The summed E-state index contributed by atoms with van der Waals surface area (Å²) in [6.07, 6.45) is 8.10. The summed E-state index contributed by atoms with van der Waals surface area (Å²) in [7, 11) is 0. The predicted octanol–water partition coefficient (Wildman–Crippen LogP) is 2.27. The minimum atomic E-state index is 0.448. The van der Waals surface area contributed by atoms with Gasteiger partial charge in [-0.2, -0.15) is 0 Å². The van der Waals surface area contributed by atoms with Crippen molar-refractivity contribution in [3.8, 4) is 0 Å². The van der Waals surface area contributed by atoms with Gasteiger partial charge in [-0.3, -0.25) is 0 Å². The second-order valence-corrected chi connectivity index (χ2v) is 3.99. The first-order valence-corrected chi connectivity index (χ1v) is 5.80. The lowest BCUT2D eigenvalue weighted by Crippen LogP contribution is -2.39. The minimum absolute atomic E-state index is 0.448. The first-order chi connectivity index (χ1) is 6.36. The van der Waals surface area contributed by atoms with Gasteiger partial charge in [-0.25, -0.2) is 5.32 Å². The summed E-state index contributed by atoms with van der Waals surface area (Å²) in [6.45, 7) is 5.60. The van der Waals surface area contributed by atoms with Crippen molar-refractivity contribution in [3.63, 3.8) is 0 Å². The van der Waals surface area contributed by atoms with Crippen molar-refractivity contribution < 1.29 is 0 Å². The zero-order valence-electron chi connectivity index (χ0n) is 9.05. The van der Waals surface area contributed by atoms with E-state index in [-0.39, 0.29) is 0 Å². The lowest BCUT2D eigenvalue weighted by atomic mass is 10.2. The van der Waals surface area contributed by atoms with E-state index < -0.39 is 0 Å². The molecule has 2 nitrogen and oxygen atoms in total. The highest BCUT2D eigenvalue weighted by molar-refractivity contribution is 4.83. The topological polar surface area (TPSA) is 26.1 Å². The van der Waals surface area contributed by atoms with Gasteiger partial charge in [0.25, 0.3) is 0 Å². The van der Waals surface area contributed by atoms with Crippen LogP contribution in [0.1, 0.15) is 52.4 Å². The molecule has 13 heavy (non-hydrogen) atoms. The molecule has 1 atom stereocenters. The molecule has 0 aromatic heterocycles. The van der Waals surface area contributed by atoms with Crippen LogP contribution in [0.25, 0.3) is 0 Å². The highest BCUT2D eigenvalue weighted by Crippen LogP contribution is 2.21. The molecule has 0 bridgehead atoms. The Hall–Kier alpha value is -0.0800. The molecule has 1 aliphatic rings. The fourth-order valence-electron chi connectivity index (χ4n) is 1.43. The van der Waals surface area contributed by atoms with E-state index in [4.69, 9.17) is 5.32 Å². The Bertz CT molecular complexity index is 121. The predicted molar refractivity (Wildman–Crippen MR) is 56.8 cm³/mol. The van der Waals surface area contributed by atoms with Crippen molar-refractivity contribution >= 4 is 0 Å². The Kier molecular flexibility index (Phi) is 5.40. The van der Waals surface area contributed by atoms with Crippen LogP contribution in [-0.4, -0.2) is 18.8 Å². The summed E-state index contributed by atoms with van der Waals surface area (Å²) in [6, 6.07) is 0.700. The zero-order chi connectivity index (χ0) is 9.52. The third-order valence-electron chi connectivity index (χ3n) is 2.41. The summed E-state index contributed by atoms with van der Waals surface area (Å²) >= 11 is 0. The van der Waals surface area contributed by atoms with Crippen LogP contribution in [0.3, 0.4) is 0 Å². The standard InChI is InChI=1S/C11H23N2/c1-3-5-9-12-11(6-4-2)13-10-7-8-10/h10-12H,3-9H2,1-2H3. The van der Waals surface area contributed by atoms with Gasteiger partial charge in [0, 0.05) is 6.04 Å². The van der Waals surface area contributed by atoms with Crippen molar-refractivity contribution in [2.24, 2.45) is 0 Å². The molecule has 1 N–H and O–H groups in total. The van der Waals surface area contributed by atoms with E-state index in [9.17, 15) is 0 Å². The van der Waals surface area contributed by atoms with E-state index in [1.54, 1.807) is 0 Å². The van der Waals surface area contributed by atoms with E-state index in [2.05, 4.69) is 19.2 Å². The van der Waals surface area contributed by atoms with Crippen molar-refractivity contribution in [2.75, 3.05) is 6.54 Å². The molecule has 1 saturated carbocycles. The summed E-state index contributed by atoms with van der Waals surface area (Å²) in [4.78, 5) is 0. The smallest absolute Gasteiger partial charge is 0.0739 e. The van der Waals surface area contributed by atoms with Gasteiger partial charge in [-0.1, -0.05) is 26.7 Å². The van der Waals surface area contributed by atoms with Crippen molar-refractivity contribution in [1.29, 1.82) is 0 Å². The van der Waals surface area contributed by atoms with Crippen LogP contribution in [-0.2, 0) is 0 Å². The second kappa shape index (κ2) is 6.39. The Morgan fingerprint density at radius 2 is 2.08 bits per heavy atom. The summed E-state index contributed by atoms with van der Waals surface area (Å²) in [5, 5.41) is 8.26. The van der Waals surface area contributed by atoms with Gasteiger partial charge in [0.05, 0.1) is 6.17 Å². The van der Waals surface area contributed by atoms with Gasteiger partial charge in [0.2, 0.25) is 0 Å². The van der Waals surface area contributed by atoms with Crippen LogP contribution in [0.4, 0.5) is 0 Å².